The zero-order valence-corrected chi connectivity index (χ0v) is 20.5. The van der Waals surface area contributed by atoms with Gasteiger partial charge in [0.1, 0.15) is 0 Å². The van der Waals surface area contributed by atoms with Crippen molar-refractivity contribution in [2.45, 2.75) is 13.3 Å². The predicted octanol–water partition coefficient (Wildman–Crippen LogP) is 7.29. The molecule has 0 amide bonds. The monoisotopic (exact) mass is 493 g/mol. The normalized spacial score (nSPS) is 10.9. The van der Waals surface area contributed by atoms with E-state index in [0.717, 1.165) is 38.8 Å². The van der Waals surface area contributed by atoms with Crippen LogP contribution in [-0.4, -0.2) is 17.6 Å². The number of hydrogen-bond acceptors (Lipinski definition) is 3. The molecule has 5 heteroatoms. The summed E-state index contributed by atoms with van der Waals surface area (Å²) < 4.78 is 5.05. The smallest absolute Gasteiger partial charge is 0.310 e. The number of H-pyrrole nitrogens is 1. The molecule has 4 nitrogen and oxygen atoms in total. The molecular weight excluding hydrogens is 470 g/mol. The van der Waals surface area contributed by atoms with Gasteiger partial charge in [0.25, 0.3) is 5.56 Å². The molecule has 5 rings (SSSR count). The Morgan fingerprint density at radius 2 is 1.44 bits per heavy atom. The van der Waals surface area contributed by atoms with Crippen LogP contribution in [0.1, 0.15) is 12.5 Å². The molecule has 0 saturated carbocycles. The van der Waals surface area contributed by atoms with Crippen LogP contribution in [0.15, 0.2) is 102 Å². The molecule has 0 spiro atoms. The number of ether oxygens (including phenoxy) is 1. The number of aromatic amines is 1. The molecule has 5 aromatic rings. The van der Waals surface area contributed by atoms with Crippen LogP contribution in [0, 0.1) is 0 Å². The van der Waals surface area contributed by atoms with Crippen molar-refractivity contribution >= 4 is 28.5 Å². The first-order chi connectivity index (χ1) is 17.5. The second-order valence-electron chi connectivity index (χ2n) is 8.56. The number of pyridine rings is 1. The molecule has 1 aromatic heterocycles. The van der Waals surface area contributed by atoms with Crippen LogP contribution in [-0.2, 0) is 16.0 Å². The van der Waals surface area contributed by atoms with Crippen molar-refractivity contribution in [3.05, 3.63) is 118 Å². The second-order valence-corrected chi connectivity index (χ2v) is 8.96. The van der Waals surface area contributed by atoms with E-state index in [2.05, 4.69) is 41.4 Å². The van der Waals surface area contributed by atoms with Gasteiger partial charge >= 0.3 is 5.97 Å². The Labute approximate surface area is 214 Å². The maximum absolute atomic E-state index is 12.9. The van der Waals surface area contributed by atoms with E-state index in [9.17, 15) is 9.59 Å². The molecule has 0 aliphatic heterocycles. The number of benzene rings is 4. The highest BCUT2D eigenvalue weighted by molar-refractivity contribution is 6.34. The molecule has 1 N–H and O–H groups in total. The molecule has 178 valence electrons. The number of fused-ring (bicyclic) bond motifs is 1. The summed E-state index contributed by atoms with van der Waals surface area (Å²) in [5.74, 6) is -0.292. The fourth-order valence-electron chi connectivity index (χ4n) is 4.36. The Bertz CT molecular complexity index is 1610. The molecule has 0 bridgehead atoms. The van der Waals surface area contributed by atoms with Gasteiger partial charge < -0.3 is 9.72 Å². The standard InChI is InChI=1S/C31H24ClNO3/c1-2-36-30(34)16-20-7-6-10-24(15-20)27-18-25-17-26(28(32)19-29(25)33-31(27)35)23-13-11-22(12-14-23)21-8-4-3-5-9-21/h3-15,17-19H,2,16H2,1H3,(H,33,35). The van der Waals surface area contributed by atoms with Crippen LogP contribution in [0.4, 0.5) is 0 Å². The van der Waals surface area contributed by atoms with Gasteiger partial charge in [-0.15, -0.1) is 0 Å². The number of carbonyl (C=O) groups excluding carboxylic acids is 1. The molecule has 0 aliphatic rings. The average Bonchev–Trinajstić information content (AvgIpc) is 2.89. The lowest BCUT2D eigenvalue weighted by molar-refractivity contribution is -0.142. The van der Waals surface area contributed by atoms with Crippen molar-refractivity contribution in [3.63, 3.8) is 0 Å². The maximum atomic E-state index is 12.9. The highest BCUT2D eigenvalue weighted by Gasteiger charge is 2.12. The fourth-order valence-corrected chi connectivity index (χ4v) is 4.64. The van der Waals surface area contributed by atoms with Crippen molar-refractivity contribution in [1.82, 2.24) is 4.98 Å². The Morgan fingerprint density at radius 1 is 0.778 bits per heavy atom. The molecule has 4 aromatic carbocycles. The lowest BCUT2D eigenvalue weighted by Gasteiger charge is -2.10. The van der Waals surface area contributed by atoms with E-state index >= 15 is 0 Å². The first kappa shape index (κ1) is 23.6. The molecule has 0 aliphatic carbocycles. The number of aromatic nitrogens is 1. The molecule has 0 atom stereocenters. The summed E-state index contributed by atoms with van der Waals surface area (Å²) in [6.45, 7) is 2.11. The van der Waals surface area contributed by atoms with Gasteiger partial charge in [0.2, 0.25) is 0 Å². The van der Waals surface area contributed by atoms with E-state index in [-0.39, 0.29) is 17.9 Å². The molecule has 0 radical (unpaired) electrons. The summed E-state index contributed by atoms with van der Waals surface area (Å²) in [4.78, 5) is 27.8. The van der Waals surface area contributed by atoms with Crippen molar-refractivity contribution in [2.75, 3.05) is 6.61 Å². The minimum absolute atomic E-state index is 0.159. The Morgan fingerprint density at radius 3 is 2.19 bits per heavy atom. The van der Waals surface area contributed by atoms with Crippen LogP contribution in [0.5, 0.6) is 0 Å². The Hall–Kier alpha value is -4.15. The molecular formula is C31H24ClNO3. The number of halogens is 1. The van der Waals surface area contributed by atoms with Crippen molar-refractivity contribution < 1.29 is 9.53 Å². The van der Waals surface area contributed by atoms with Gasteiger partial charge in [0.05, 0.1) is 18.1 Å². The van der Waals surface area contributed by atoms with Crippen molar-refractivity contribution in [2.24, 2.45) is 0 Å². The van der Waals surface area contributed by atoms with Crippen LogP contribution in [0.25, 0.3) is 44.3 Å². The topological polar surface area (TPSA) is 59.2 Å². The molecule has 1 heterocycles. The largest absolute Gasteiger partial charge is 0.466 e. The number of carbonyl (C=O) groups is 1. The van der Waals surface area contributed by atoms with Gasteiger partial charge in [0.15, 0.2) is 0 Å². The predicted molar refractivity (Wildman–Crippen MR) is 146 cm³/mol. The zero-order chi connectivity index (χ0) is 25.1. The summed E-state index contributed by atoms with van der Waals surface area (Å²) in [5, 5.41) is 1.43. The SMILES string of the molecule is CCOC(=O)Cc1cccc(-c2cc3cc(-c4ccc(-c5ccccc5)cc4)c(Cl)cc3[nH]c2=O)c1. The maximum Gasteiger partial charge on any atom is 0.310 e. The Balaban J connectivity index is 1.52. The summed E-state index contributed by atoms with van der Waals surface area (Å²) in [6.07, 6.45) is 0.159. The van der Waals surface area contributed by atoms with Gasteiger partial charge in [-0.25, -0.2) is 0 Å². The highest BCUT2D eigenvalue weighted by Crippen LogP contribution is 2.33. The van der Waals surface area contributed by atoms with Crippen molar-refractivity contribution in [1.29, 1.82) is 0 Å². The van der Waals surface area contributed by atoms with E-state index in [1.54, 1.807) is 13.0 Å². The van der Waals surface area contributed by atoms with Gasteiger partial charge in [0, 0.05) is 16.6 Å². The number of rotatable bonds is 6. The number of hydrogen-bond donors (Lipinski definition) is 1. The quantitative estimate of drug-likeness (QED) is 0.253. The molecule has 0 unspecified atom stereocenters. The van der Waals surface area contributed by atoms with Crippen LogP contribution in [0.3, 0.4) is 0 Å². The van der Waals surface area contributed by atoms with E-state index in [1.165, 1.54) is 0 Å². The van der Waals surface area contributed by atoms with E-state index < -0.39 is 0 Å². The van der Waals surface area contributed by atoms with Gasteiger partial charge in [-0.1, -0.05) is 90.5 Å². The van der Waals surface area contributed by atoms with Gasteiger partial charge in [-0.2, -0.15) is 0 Å². The third kappa shape index (κ3) is 4.95. The van der Waals surface area contributed by atoms with Crippen LogP contribution >= 0.6 is 11.6 Å². The first-order valence-corrected chi connectivity index (χ1v) is 12.2. The number of esters is 1. The molecule has 36 heavy (non-hydrogen) atoms. The second kappa shape index (κ2) is 10.2. The number of nitrogens with one attached hydrogen (secondary N) is 1. The third-order valence-corrected chi connectivity index (χ3v) is 6.44. The summed E-state index contributed by atoms with van der Waals surface area (Å²) in [7, 11) is 0. The summed E-state index contributed by atoms with van der Waals surface area (Å²) in [6, 6.07) is 31.6. The van der Waals surface area contributed by atoms with E-state index in [4.69, 9.17) is 16.3 Å². The average molecular weight is 494 g/mol. The fraction of sp³-hybridized carbons (Fsp3) is 0.0968. The van der Waals surface area contributed by atoms with E-state index in [1.807, 2.05) is 54.6 Å². The summed E-state index contributed by atoms with van der Waals surface area (Å²) >= 11 is 6.63. The zero-order valence-electron chi connectivity index (χ0n) is 19.8. The van der Waals surface area contributed by atoms with Crippen LogP contribution < -0.4 is 5.56 Å². The van der Waals surface area contributed by atoms with Gasteiger partial charge in [-0.3, -0.25) is 9.59 Å². The van der Waals surface area contributed by atoms with Crippen LogP contribution in [0.2, 0.25) is 5.02 Å². The van der Waals surface area contributed by atoms with Crippen molar-refractivity contribution in [3.8, 4) is 33.4 Å². The lowest BCUT2D eigenvalue weighted by Crippen LogP contribution is -2.10. The lowest BCUT2D eigenvalue weighted by atomic mass is 9.97. The van der Waals surface area contributed by atoms with E-state index in [0.29, 0.717) is 22.7 Å². The van der Waals surface area contributed by atoms with Gasteiger partial charge in [-0.05, 0) is 58.3 Å². The Kier molecular flexibility index (Phi) is 6.70. The first-order valence-electron chi connectivity index (χ1n) is 11.8. The highest BCUT2D eigenvalue weighted by atomic mass is 35.5. The summed E-state index contributed by atoms with van der Waals surface area (Å²) in [5.41, 5.74) is 6.67. The molecule has 0 saturated heterocycles. The minimum atomic E-state index is -0.292. The molecule has 0 fully saturated rings. The minimum Gasteiger partial charge on any atom is -0.466 e. The third-order valence-electron chi connectivity index (χ3n) is 6.13.